The second-order valence-electron chi connectivity index (χ2n) is 7.15. The highest BCUT2D eigenvalue weighted by molar-refractivity contribution is 8.00. The van der Waals surface area contributed by atoms with Crippen LogP contribution in [0, 0.1) is 0 Å². The number of carbonyl (C=O) groups is 2. The van der Waals surface area contributed by atoms with Crippen LogP contribution in [0.1, 0.15) is 24.2 Å². The maximum Gasteiger partial charge on any atom is 0.237 e. The number of hydrogen-bond acceptors (Lipinski definition) is 5. The van der Waals surface area contributed by atoms with Gasteiger partial charge in [0.15, 0.2) is 5.78 Å². The van der Waals surface area contributed by atoms with Crippen LogP contribution in [0.4, 0.5) is 5.69 Å². The van der Waals surface area contributed by atoms with Gasteiger partial charge in [0, 0.05) is 27.6 Å². The number of nitrogens with one attached hydrogen (secondary N) is 1. The highest BCUT2D eigenvalue weighted by Crippen LogP contribution is 2.33. The summed E-state index contributed by atoms with van der Waals surface area (Å²) < 4.78 is 0. The number of carbonyl (C=O) groups excluding carboxylic acids is 2. The van der Waals surface area contributed by atoms with Crippen molar-refractivity contribution in [3.8, 4) is 11.3 Å². The molecule has 0 bridgehead atoms. The second-order valence-corrected chi connectivity index (χ2v) is 8.48. The van der Waals surface area contributed by atoms with E-state index in [2.05, 4.69) is 15.5 Å². The molecule has 1 atom stereocenters. The SMILES string of the molecule is CC(=O)c1ccc(NC(=O)[C@H](C)Sc2nnc(-c3ccccc3)c3ccccc23)cc1. The van der Waals surface area contributed by atoms with Crippen LogP contribution >= 0.6 is 11.8 Å². The maximum absolute atomic E-state index is 12.7. The van der Waals surface area contributed by atoms with E-state index in [4.69, 9.17) is 0 Å². The molecule has 0 aliphatic rings. The van der Waals surface area contributed by atoms with E-state index in [1.165, 1.54) is 18.7 Å². The third-order valence-electron chi connectivity index (χ3n) is 4.92. The third-order valence-corrected chi connectivity index (χ3v) is 6.01. The van der Waals surface area contributed by atoms with Crippen LogP contribution in [0.5, 0.6) is 0 Å². The number of rotatable bonds is 6. The second kappa shape index (κ2) is 9.10. The highest BCUT2D eigenvalue weighted by Gasteiger charge is 2.19. The van der Waals surface area contributed by atoms with Gasteiger partial charge in [0.05, 0.1) is 5.25 Å². The minimum atomic E-state index is -0.382. The Morgan fingerprint density at radius 2 is 1.48 bits per heavy atom. The molecule has 1 heterocycles. The molecule has 4 rings (SSSR count). The Balaban J connectivity index is 1.55. The predicted octanol–water partition coefficient (Wildman–Crippen LogP) is 5.62. The lowest BCUT2D eigenvalue weighted by atomic mass is 10.1. The lowest BCUT2D eigenvalue weighted by Crippen LogP contribution is -2.22. The van der Waals surface area contributed by atoms with Gasteiger partial charge in [0.1, 0.15) is 10.7 Å². The van der Waals surface area contributed by atoms with Gasteiger partial charge in [0.2, 0.25) is 5.91 Å². The van der Waals surface area contributed by atoms with Crippen LogP contribution in [0.3, 0.4) is 0 Å². The minimum absolute atomic E-state index is 0.00815. The van der Waals surface area contributed by atoms with Crippen molar-refractivity contribution >= 4 is 39.9 Å². The number of benzene rings is 3. The van der Waals surface area contributed by atoms with E-state index in [0.717, 1.165) is 22.0 Å². The van der Waals surface area contributed by atoms with Crippen molar-refractivity contribution in [3.63, 3.8) is 0 Å². The van der Waals surface area contributed by atoms with Crippen LogP contribution in [0.2, 0.25) is 0 Å². The predicted molar refractivity (Wildman–Crippen MR) is 125 cm³/mol. The molecule has 1 aromatic heterocycles. The van der Waals surface area contributed by atoms with Gasteiger partial charge in [-0.1, -0.05) is 66.4 Å². The standard InChI is InChI=1S/C25H21N3O2S/c1-16(29)18-12-14-20(15-13-18)26-24(30)17(2)31-25-22-11-7-6-10-21(22)23(27-28-25)19-8-4-3-5-9-19/h3-15,17H,1-2H3,(H,26,30)/t17-/m0/s1. The van der Waals surface area contributed by atoms with E-state index in [1.54, 1.807) is 24.3 Å². The fourth-order valence-electron chi connectivity index (χ4n) is 3.23. The Hall–Kier alpha value is -3.51. The zero-order chi connectivity index (χ0) is 21.8. The molecule has 1 amide bonds. The molecule has 0 saturated carbocycles. The van der Waals surface area contributed by atoms with Gasteiger partial charge in [-0.3, -0.25) is 9.59 Å². The molecule has 154 valence electrons. The number of aromatic nitrogens is 2. The zero-order valence-electron chi connectivity index (χ0n) is 17.2. The van der Waals surface area contributed by atoms with Gasteiger partial charge in [-0.15, -0.1) is 10.2 Å². The maximum atomic E-state index is 12.7. The van der Waals surface area contributed by atoms with Gasteiger partial charge in [-0.25, -0.2) is 0 Å². The number of fused-ring (bicyclic) bond motifs is 1. The lowest BCUT2D eigenvalue weighted by Gasteiger charge is -2.14. The van der Waals surface area contributed by atoms with Gasteiger partial charge in [-0.2, -0.15) is 0 Å². The quantitative estimate of drug-likeness (QED) is 0.319. The van der Waals surface area contributed by atoms with Gasteiger partial charge in [0.25, 0.3) is 0 Å². The van der Waals surface area contributed by atoms with Gasteiger partial charge < -0.3 is 5.32 Å². The summed E-state index contributed by atoms with van der Waals surface area (Å²) in [5.41, 5.74) is 3.09. The summed E-state index contributed by atoms with van der Waals surface area (Å²) in [7, 11) is 0. The Kier molecular flexibility index (Phi) is 6.09. The number of anilines is 1. The van der Waals surface area contributed by atoms with Crippen LogP contribution in [-0.2, 0) is 4.79 Å². The van der Waals surface area contributed by atoms with Crippen molar-refractivity contribution in [1.29, 1.82) is 0 Å². The van der Waals surface area contributed by atoms with E-state index in [-0.39, 0.29) is 16.9 Å². The monoisotopic (exact) mass is 427 g/mol. The molecule has 0 fully saturated rings. The zero-order valence-corrected chi connectivity index (χ0v) is 18.0. The normalized spacial score (nSPS) is 11.8. The fourth-order valence-corrected chi connectivity index (χ4v) is 4.12. The van der Waals surface area contributed by atoms with Crippen molar-refractivity contribution in [2.75, 3.05) is 5.32 Å². The molecule has 0 aliphatic carbocycles. The van der Waals surface area contributed by atoms with E-state index in [9.17, 15) is 9.59 Å². The number of nitrogens with zero attached hydrogens (tertiary/aromatic N) is 2. The first-order valence-electron chi connectivity index (χ1n) is 9.92. The summed E-state index contributed by atoms with van der Waals surface area (Å²) in [5.74, 6) is -0.148. The minimum Gasteiger partial charge on any atom is -0.325 e. The summed E-state index contributed by atoms with van der Waals surface area (Å²) in [6.07, 6.45) is 0. The Morgan fingerprint density at radius 1 is 0.839 bits per heavy atom. The Bertz CT molecular complexity index is 1240. The number of hydrogen-bond donors (Lipinski definition) is 1. The van der Waals surface area contributed by atoms with Gasteiger partial charge >= 0.3 is 0 Å². The largest absolute Gasteiger partial charge is 0.325 e. The molecule has 31 heavy (non-hydrogen) atoms. The van der Waals surface area contributed by atoms with Crippen molar-refractivity contribution in [3.05, 3.63) is 84.4 Å². The molecule has 0 unspecified atom stereocenters. The molecule has 5 nitrogen and oxygen atoms in total. The van der Waals surface area contributed by atoms with Crippen molar-refractivity contribution in [2.45, 2.75) is 24.1 Å². The summed E-state index contributed by atoms with van der Waals surface area (Å²) in [6, 6.07) is 24.8. The molecular formula is C25H21N3O2S. The molecule has 0 aliphatic heterocycles. The molecular weight excluding hydrogens is 406 g/mol. The summed E-state index contributed by atoms with van der Waals surface area (Å²) in [6.45, 7) is 3.35. The van der Waals surface area contributed by atoms with E-state index in [0.29, 0.717) is 16.3 Å². The Labute approximate surface area is 184 Å². The first kappa shape index (κ1) is 20.8. The molecule has 1 N–H and O–H groups in total. The summed E-state index contributed by atoms with van der Waals surface area (Å²) in [5, 5.41) is 14.1. The third kappa shape index (κ3) is 4.64. The first-order valence-corrected chi connectivity index (χ1v) is 10.8. The van der Waals surface area contributed by atoms with E-state index < -0.39 is 0 Å². The van der Waals surface area contributed by atoms with Crippen LogP contribution in [0.15, 0.2) is 83.9 Å². The topological polar surface area (TPSA) is 72.0 Å². The van der Waals surface area contributed by atoms with E-state index in [1.807, 2.05) is 61.5 Å². The first-order chi connectivity index (χ1) is 15.0. The number of ketones is 1. The highest BCUT2D eigenvalue weighted by atomic mass is 32.2. The van der Waals surface area contributed by atoms with Crippen LogP contribution in [0.25, 0.3) is 22.0 Å². The average Bonchev–Trinajstić information content (AvgIpc) is 2.80. The smallest absolute Gasteiger partial charge is 0.237 e. The van der Waals surface area contributed by atoms with Crippen molar-refractivity contribution in [2.24, 2.45) is 0 Å². The molecule has 3 aromatic carbocycles. The molecule has 0 radical (unpaired) electrons. The van der Waals surface area contributed by atoms with Gasteiger partial charge in [-0.05, 0) is 38.1 Å². The summed E-state index contributed by atoms with van der Waals surface area (Å²) in [4.78, 5) is 24.1. The van der Waals surface area contributed by atoms with Crippen molar-refractivity contribution in [1.82, 2.24) is 10.2 Å². The van der Waals surface area contributed by atoms with Crippen molar-refractivity contribution < 1.29 is 9.59 Å². The van der Waals surface area contributed by atoms with E-state index >= 15 is 0 Å². The number of thioether (sulfide) groups is 1. The Morgan fingerprint density at radius 3 is 2.16 bits per heavy atom. The number of amides is 1. The average molecular weight is 428 g/mol. The molecule has 4 aromatic rings. The molecule has 0 saturated heterocycles. The molecule has 6 heteroatoms. The number of Topliss-reactive ketones (excluding diaryl/α,β-unsaturated/α-hetero) is 1. The van der Waals surface area contributed by atoms with Crippen LogP contribution in [-0.4, -0.2) is 27.1 Å². The summed E-state index contributed by atoms with van der Waals surface area (Å²) >= 11 is 1.37. The fraction of sp³-hybridized carbons (Fsp3) is 0.120. The lowest BCUT2D eigenvalue weighted by molar-refractivity contribution is -0.115. The van der Waals surface area contributed by atoms with Crippen LogP contribution < -0.4 is 5.32 Å². The molecule has 0 spiro atoms.